The number of carbonyl (C=O) groups is 1. The molecule has 1 aromatic heterocycles. The monoisotopic (exact) mass is 355 g/mol. The molecule has 3 aromatic rings. The standard InChI is InChI=1S/C19H15ClFN3O/c1-12-2-3-13(20)10-17(12)23-16-8-9-22-18(11-16)19(25)24-15-6-4-14(21)5-7-15/h2-11H,1H3,(H,22,23)(H,24,25). The minimum Gasteiger partial charge on any atom is -0.355 e. The van der Waals surface area contributed by atoms with E-state index in [1.807, 2.05) is 25.1 Å². The summed E-state index contributed by atoms with van der Waals surface area (Å²) in [6, 6.07) is 14.5. The van der Waals surface area contributed by atoms with Gasteiger partial charge in [0, 0.05) is 28.3 Å². The molecule has 0 saturated heterocycles. The summed E-state index contributed by atoms with van der Waals surface area (Å²) in [4.78, 5) is 16.4. The van der Waals surface area contributed by atoms with E-state index in [4.69, 9.17) is 11.6 Å². The zero-order chi connectivity index (χ0) is 17.8. The van der Waals surface area contributed by atoms with Crippen molar-refractivity contribution in [1.82, 2.24) is 4.98 Å². The van der Waals surface area contributed by atoms with Gasteiger partial charge in [0.15, 0.2) is 0 Å². The van der Waals surface area contributed by atoms with Crippen LogP contribution in [0.4, 0.5) is 21.5 Å². The molecule has 2 aromatic carbocycles. The lowest BCUT2D eigenvalue weighted by atomic mass is 10.2. The molecule has 0 radical (unpaired) electrons. The van der Waals surface area contributed by atoms with Crippen LogP contribution in [-0.2, 0) is 0 Å². The fourth-order valence-electron chi connectivity index (χ4n) is 2.25. The number of nitrogens with zero attached hydrogens (tertiary/aromatic N) is 1. The average Bonchev–Trinajstić information content (AvgIpc) is 2.60. The van der Waals surface area contributed by atoms with Crippen molar-refractivity contribution in [1.29, 1.82) is 0 Å². The van der Waals surface area contributed by atoms with Gasteiger partial charge in [0.25, 0.3) is 5.91 Å². The molecule has 1 amide bonds. The number of aryl methyl sites for hydroxylation is 1. The van der Waals surface area contributed by atoms with Gasteiger partial charge < -0.3 is 10.6 Å². The predicted octanol–water partition coefficient (Wildman–Crippen LogP) is 5.18. The molecule has 0 atom stereocenters. The third-order valence-electron chi connectivity index (χ3n) is 3.57. The molecule has 3 rings (SSSR count). The van der Waals surface area contributed by atoms with Crippen LogP contribution < -0.4 is 10.6 Å². The first-order chi connectivity index (χ1) is 12.0. The summed E-state index contributed by atoms with van der Waals surface area (Å²) in [6.45, 7) is 1.96. The van der Waals surface area contributed by atoms with E-state index in [0.717, 1.165) is 11.3 Å². The Morgan fingerprint density at radius 2 is 1.80 bits per heavy atom. The maximum absolute atomic E-state index is 12.9. The quantitative estimate of drug-likeness (QED) is 0.678. The van der Waals surface area contributed by atoms with Crippen LogP contribution in [0.2, 0.25) is 5.02 Å². The maximum atomic E-state index is 12.9. The zero-order valence-electron chi connectivity index (χ0n) is 13.4. The Labute approximate surface area is 149 Å². The first-order valence-corrected chi connectivity index (χ1v) is 7.95. The SMILES string of the molecule is Cc1ccc(Cl)cc1Nc1ccnc(C(=O)Nc2ccc(F)cc2)c1. The van der Waals surface area contributed by atoms with Crippen molar-refractivity contribution in [3.63, 3.8) is 0 Å². The van der Waals surface area contributed by atoms with Crippen molar-refractivity contribution in [3.05, 3.63) is 82.9 Å². The fourth-order valence-corrected chi connectivity index (χ4v) is 2.42. The highest BCUT2D eigenvalue weighted by Gasteiger charge is 2.09. The molecule has 0 aliphatic rings. The number of nitrogens with one attached hydrogen (secondary N) is 2. The number of aromatic nitrogens is 1. The van der Waals surface area contributed by atoms with Gasteiger partial charge in [-0.25, -0.2) is 4.39 Å². The van der Waals surface area contributed by atoms with E-state index in [2.05, 4.69) is 15.6 Å². The number of carbonyl (C=O) groups excluding carboxylic acids is 1. The lowest BCUT2D eigenvalue weighted by Crippen LogP contribution is -2.13. The highest BCUT2D eigenvalue weighted by Crippen LogP contribution is 2.24. The predicted molar refractivity (Wildman–Crippen MR) is 98.1 cm³/mol. The molecule has 6 heteroatoms. The number of amides is 1. The number of rotatable bonds is 4. The lowest BCUT2D eigenvalue weighted by molar-refractivity contribution is 0.102. The van der Waals surface area contributed by atoms with Crippen LogP contribution in [0.1, 0.15) is 16.1 Å². The van der Waals surface area contributed by atoms with E-state index >= 15 is 0 Å². The van der Waals surface area contributed by atoms with E-state index in [1.165, 1.54) is 24.3 Å². The van der Waals surface area contributed by atoms with Crippen LogP contribution in [0.3, 0.4) is 0 Å². The summed E-state index contributed by atoms with van der Waals surface area (Å²) in [5.41, 5.74) is 3.33. The third-order valence-corrected chi connectivity index (χ3v) is 3.81. The Bertz CT molecular complexity index is 913. The Morgan fingerprint density at radius 3 is 2.56 bits per heavy atom. The molecule has 1 heterocycles. The normalized spacial score (nSPS) is 10.4. The van der Waals surface area contributed by atoms with Crippen molar-refractivity contribution >= 4 is 34.6 Å². The fraction of sp³-hybridized carbons (Fsp3) is 0.0526. The average molecular weight is 356 g/mol. The minimum absolute atomic E-state index is 0.244. The second kappa shape index (κ2) is 7.32. The summed E-state index contributed by atoms with van der Waals surface area (Å²) in [5.74, 6) is -0.739. The van der Waals surface area contributed by atoms with Crippen molar-refractivity contribution in [2.24, 2.45) is 0 Å². The topological polar surface area (TPSA) is 54.0 Å². The van der Waals surface area contributed by atoms with E-state index in [1.54, 1.807) is 18.3 Å². The molecule has 0 aliphatic heterocycles. The molecule has 126 valence electrons. The second-order valence-electron chi connectivity index (χ2n) is 5.48. The van der Waals surface area contributed by atoms with Gasteiger partial charge in [0.05, 0.1) is 0 Å². The lowest BCUT2D eigenvalue weighted by Gasteiger charge is -2.11. The molecular weight excluding hydrogens is 341 g/mol. The number of pyridine rings is 1. The number of hydrogen-bond donors (Lipinski definition) is 2. The third kappa shape index (κ3) is 4.33. The van der Waals surface area contributed by atoms with E-state index in [9.17, 15) is 9.18 Å². The number of hydrogen-bond acceptors (Lipinski definition) is 3. The largest absolute Gasteiger partial charge is 0.355 e. The number of anilines is 3. The Kier molecular flexibility index (Phi) is 4.95. The van der Waals surface area contributed by atoms with Crippen LogP contribution in [0, 0.1) is 12.7 Å². The van der Waals surface area contributed by atoms with Crippen molar-refractivity contribution < 1.29 is 9.18 Å². The Hall–Kier alpha value is -2.92. The molecule has 25 heavy (non-hydrogen) atoms. The second-order valence-corrected chi connectivity index (χ2v) is 5.91. The van der Waals surface area contributed by atoms with E-state index in [-0.39, 0.29) is 17.4 Å². The van der Waals surface area contributed by atoms with Crippen LogP contribution in [0.15, 0.2) is 60.8 Å². The molecular formula is C19H15ClFN3O. The van der Waals surface area contributed by atoms with Crippen LogP contribution in [-0.4, -0.2) is 10.9 Å². The van der Waals surface area contributed by atoms with Gasteiger partial charge in [-0.05, 0) is 61.0 Å². The van der Waals surface area contributed by atoms with Crippen molar-refractivity contribution in [2.45, 2.75) is 6.92 Å². The first-order valence-electron chi connectivity index (χ1n) is 7.57. The first kappa shape index (κ1) is 16.9. The van der Waals surface area contributed by atoms with Gasteiger partial charge in [0.1, 0.15) is 11.5 Å². The maximum Gasteiger partial charge on any atom is 0.274 e. The van der Waals surface area contributed by atoms with Gasteiger partial charge in [-0.15, -0.1) is 0 Å². The summed E-state index contributed by atoms with van der Waals surface area (Å²) >= 11 is 6.02. The molecule has 0 saturated carbocycles. The summed E-state index contributed by atoms with van der Waals surface area (Å²) in [7, 11) is 0. The molecule has 0 fully saturated rings. The highest BCUT2D eigenvalue weighted by molar-refractivity contribution is 6.30. The van der Waals surface area contributed by atoms with Crippen LogP contribution in [0.25, 0.3) is 0 Å². The van der Waals surface area contributed by atoms with E-state index in [0.29, 0.717) is 16.4 Å². The van der Waals surface area contributed by atoms with Gasteiger partial charge >= 0.3 is 0 Å². The summed E-state index contributed by atoms with van der Waals surface area (Å²) in [5, 5.41) is 6.53. The van der Waals surface area contributed by atoms with E-state index < -0.39 is 0 Å². The summed E-state index contributed by atoms with van der Waals surface area (Å²) < 4.78 is 12.9. The molecule has 2 N–H and O–H groups in total. The molecule has 0 unspecified atom stereocenters. The summed E-state index contributed by atoms with van der Waals surface area (Å²) in [6.07, 6.45) is 1.54. The molecule has 0 aliphatic carbocycles. The van der Waals surface area contributed by atoms with Gasteiger partial charge in [-0.3, -0.25) is 9.78 Å². The van der Waals surface area contributed by atoms with Crippen LogP contribution in [0.5, 0.6) is 0 Å². The van der Waals surface area contributed by atoms with Gasteiger partial charge in [0.2, 0.25) is 0 Å². The minimum atomic E-state index is -0.377. The Balaban J connectivity index is 1.77. The molecule has 0 bridgehead atoms. The molecule has 0 spiro atoms. The number of benzene rings is 2. The van der Waals surface area contributed by atoms with Crippen molar-refractivity contribution in [3.8, 4) is 0 Å². The number of halogens is 2. The molecule has 4 nitrogen and oxygen atoms in total. The Morgan fingerprint density at radius 1 is 1.04 bits per heavy atom. The van der Waals surface area contributed by atoms with Crippen molar-refractivity contribution in [2.75, 3.05) is 10.6 Å². The van der Waals surface area contributed by atoms with Crippen LogP contribution >= 0.6 is 11.6 Å². The van der Waals surface area contributed by atoms with Gasteiger partial charge in [-0.1, -0.05) is 17.7 Å². The zero-order valence-corrected chi connectivity index (χ0v) is 14.1. The highest BCUT2D eigenvalue weighted by atomic mass is 35.5. The smallest absolute Gasteiger partial charge is 0.274 e. The van der Waals surface area contributed by atoms with Gasteiger partial charge in [-0.2, -0.15) is 0 Å².